The van der Waals surface area contributed by atoms with Crippen molar-refractivity contribution < 1.29 is 9.18 Å². The zero-order chi connectivity index (χ0) is 16.5. The third kappa shape index (κ3) is 2.95. The molecular weight excluding hydrogens is 281 g/mol. The molecule has 3 N–H and O–H groups in total. The molecule has 0 saturated heterocycles. The quantitative estimate of drug-likeness (QED) is 0.510. The Hall–Kier alpha value is -1.62. The Kier molecular flexibility index (Phi) is 4.75. The topological polar surface area (TPSA) is 58.4 Å². The van der Waals surface area contributed by atoms with E-state index in [4.69, 9.17) is 5.84 Å². The van der Waals surface area contributed by atoms with E-state index in [0.717, 1.165) is 24.1 Å². The monoisotopic (exact) mass is 307 g/mol. The maximum Gasteiger partial charge on any atom is 0.256 e. The summed E-state index contributed by atoms with van der Waals surface area (Å²) in [5.41, 5.74) is 3.99. The molecule has 0 aromatic heterocycles. The number of nitrogens with zero attached hydrogens (tertiary/aromatic N) is 1. The lowest BCUT2D eigenvalue weighted by atomic mass is 9.78. The average molecular weight is 307 g/mol. The highest BCUT2D eigenvalue weighted by Gasteiger charge is 2.42. The number of halogens is 1. The van der Waals surface area contributed by atoms with Gasteiger partial charge in [0.25, 0.3) is 5.91 Å². The van der Waals surface area contributed by atoms with Crippen LogP contribution in [0.3, 0.4) is 0 Å². The Morgan fingerprint density at radius 2 is 2.23 bits per heavy atom. The number of anilines is 1. The van der Waals surface area contributed by atoms with Crippen molar-refractivity contribution in [2.24, 2.45) is 5.84 Å². The van der Waals surface area contributed by atoms with Crippen LogP contribution in [-0.4, -0.2) is 17.5 Å². The molecule has 1 heterocycles. The van der Waals surface area contributed by atoms with Gasteiger partial charge in [-0.3, -0.25) is 10.2 Å². The van der Waals surface area contributed by atoms with Crippen molar-refractivity contribution in [3.63, 3.8) is 0 Å². The average Bonchev–Trinajstić information content (AvgIpc) is 2.45. The van der Waals surface area contributed by atoms with Crippen molar-refractivity contribution >= 4 is 11.6 Å². The van der Waals surface area contributed by atoms with Gasteiger partial charge in [-0.05, 0) is 56.4 Å². The zero-order valence-electron chi connectivity index (χ0n) is 13.8. The first-order valence-corrected chi connectivity index (χ1v) is 7.91. The minimum absolute atomic E-state index is 0.195. The third-order valence-electron chi connectivity index (χ3n) is 4.56. The molecule has 5 heteroatoms. The first kappa shape index (κ1) is 16.7. The van der Waals surface area contributed by atoms with E-state index in [2.05, 4.69) is 31.1 Å². The summed E-state index contributed by atoms with van der Waals surface area (Å²) in [6, 6.07) is 4.49. The van der Waals surface area contributed by atoms with E-state index in [1.807, 2.05) is 6.92 Å². The van der Waals surface area contributed by atoms with Gasteiger partial charge in [0.2, 0.25) is 0 Å². The normalized spacial score (nSPS) is 21.2. The number of benzene rings is 1. The third-order valence-corrected chi connectivity index (χ3v) is 4.56. The Bertz CT molecular complexity index is 559. The Balaban J connectivity index is 2.56. The number of rotatable bonds is 4. The fourth-order valence-electron chi connectivity index (χ4n) is 3.76. The fourth-order valence-corrected chi connectivity index (χ4v) is 3.76. The van der Waals surface area contributed by atoms with E-state index < -0.39 is 0 Å². The van der Waals surface area contributed by atoms with E-state index in [9.17, 15) is 9.18 Å². The molecule has 0 bridgehead atoms. The molecule has 1 aliphatic heterocycles. The maximum atomic E-state index is 13.6. The van der Waals surface area contributed by atoms with Gasteiger partial charge in [0, 0.05) is 11.2 Å². The predicted octanol–water partition coefficient (Wildman–Crippen LogP) is 3.08. The molecule has 1 aromatic rings. The maximum absolute atomic E-state index is 13.6. The lowest BCUT2D eigenvalue weighted by molar-refractivity contribution is -0.123. The number of carbonyl (C=O) groups excluding carboxylic acids is 1. The summed E-state index contributed by atoms with van der Waals surface area (Å²) in [7, 11) is 0. The van der Waals surface area contributed by atoms with Gasteiger partial charge in [-0.15, -0.1) is 0 Å². The van der Waals surface area contributed by atoms with Gasteiger partial charge in [-0.2, -0.15) is 0 Å². The van der Waals surface area contributed by atoms with Gasteiger partial charge < -0.3 is 4.90 Å². The minimum Gasteiger partial charge on any atom is -0.354 e. The molecule has 0 aliphatic carbocycles. The molecule has 1 aliphatic rings. The van der Waals surface area contributed by atoms with Crippen LogP contribution in [0.5, 0.6) is 0 Å². The zero-order valence-corrected chi connectivity index (χ0v) is 13.8. The van der Waals surface area contributed by atoms with Crippen LogP contribution >= 0.6 is 0 Å². The van der Waals surface area contributed by atoms with E-state index >= 15 is 0 Å². The van der Waals surface area contributed by atoms with Gasteiger partial charge in [-0.25, -0.2) is 10.2 Å². The van der Waals surface area contributed by atoms with Crippen LogP contribution in [0.4, 0.5) is 10.1 Å². The van der Waals surface area contributed by atoms with Crippen LogP contribution in [0.25, 0.3) is 0 Å². The summed E-state index contributed by atoms with van der Waals surface area (Å²) in [6.45, 7) is 8.40. The number of hydrogen-bond donors (Lipinski definition) is 2. The predicted molar refractivity (Wildman–Crippen MR) is 87.0 cm³/mol. The summed E-state index contributed by atoms with van der Waals surface area (Å²) in [5.74, 6) is 5.20. The molecule has 122 valence electrons. The molecule has 0 radical (unpaired) electrons. The van der Waals surface area contributed by atoms with Crippen LogP contribution in [-0.2, 0) is 4.79 Å². The van der Waals surface area contributed by atoms with E-state index in [1.165, 1.54) is 6.07 Å². The van der Waals surface area contributed by atoms with Crippen molar-refractivity contribution in [1.82, 2.24) is 5.43 Å². The lowest BCUT2D eigenvalue weighted by Crippen LogP contribution is -2.59. The number of nitrogens with two attached hydrogens (primary N) is 1. The molecule has 22 heavy (non-hydrogen) atoms. The van der Waals surface area contributed by atoms with Gasteiger partial charge in [0.1, 0.15) is 11.9 Å². The van der Waals surface area contributed by atoms with Crippen molar-refractivity contribution in [3.05, 3.63) is 29.6 Å². The van der Waals surface area contributed by atoms with Gasteiger partial charge in [0.15, 0.2) is 0 Å². The van der Waals surface area contributed by atoms with Crippen LogP contribution < -0.4 is 16.2 Å². The molecule has 0 fully saturated rings. The minimum atomic E-state index is -0.346. The van der Waals surface area contributed by atoms with Crippen molar-refractivity contribution in [2.45, 2.75) is 64.5 Å². The van der Waals surface area contributed by atoms with Gasteiger partial charge in [-0.1, -0.05) is 20.3 Å². The largest absolute Gasteiger partial charge is 0.354 e. The number of fused-ring (bicyclic) bond motifs is 1. The van der Waals surface area contributed by atoms with Crippen molar-refractivity contribution in [3.8, 4) is 0 Å². The van der Waals surface area contributed by atoms with Crippen LogP contribution in [0.1, 0.15) is 58.4 Å². The standard InChI is InChI=1S/C17H26FN3O/c1-5-6-15(16(22)20-19)21-14-8-7-12(18)9-13(14)11(2)10-17(21,3)4/h7-9,11,15H,5-6,10,19H2,1-4H3,(H,20,22)/t11-,15-/m0/s1. The number of carbonyl (C=O) groups is 1. The van der Waals surface area contributed by atoms with Crippen molar-refractivity contribution in [2.75, 3.05) is 4.90 Å². The van der Waals surface area contributed by atoms with Gasteiger partial charge >= 0.3 is 0 Å². The Morgan fingerprint density at radius 1 is 1.55 bits per heavy atom. The van der Waals surface area contributed by atoms with E-state index in [0.29, 0.717) is 6.42 Å². The second-order valence-electron chi connectivity index (χ2n) is 6.80. The molecule has 4 nitrogen and oxygen atoms in total. The summed E-state index contributed by atoms with van der Waals surface area (Å²) >= 11 is 0. The van der Waals surface area contributed by atoms with Crippen LogP contribution in [0.15, 0.2) is 18.2 Å². The molecule has 0 saturated carbocycles. The fraction of sp³-hybridized carbons (Fsp3) is 0.588. The molecule has 2 rings (SSSR count). The summed E-state index contributed by atoms with van der Waals surface area (Å²) < 4.78 is 13.6. The Morgan fingerprint density at radius 3 is 2.82 bits per heavy atom. The van der Waals surface area contributed by atoms with Crippen molar-refractivity contribution in [1.29, 1.82) is 0 Å². The molecule has 1 amide bonds. The number of hydrogen-bond acceptors (Lipinski definition) is 3. The Labute approximate surface area is 131 Å². The van der Waals surface area contributed by atoms with Gasteiger partial charge in [0.05, 0.1) is 0 Å². The smallest absolute Gasteiger partial charge is 0.256 e. The SMILES string of the molecule is CCC[C@@H](C(=O)NN)N1c2ccc(F)cc2[C@@H](C)CC1(C)C. The first-order valence-electron chi connectivity index (χ1n) is 7.91. The van der Waals surface area contributed by atoms with Crippen LogP contribution in [0.2, 0.25) is 0 Å². The highest BCUT2D eigenvalue weighted by Crippen LogP contribution is 2.45. The highest BCUT2D eigenvalue weighted by molar-refractivity contribution is 5.86. The second-order valence-corrected chi connectivity index (χ2v) is 6.80. The molecule has 0 spiro atoms. The highest BCUT2D eigenvalue weighted by atomic mass is 19.1. The number of amides is 1. The number of nitrogens with one attached hydrogen (secondary N) is 1. The number of hydrazine groups is 1. The molecule has 0 unspecified atom stereocenters. The first-order chi connectivity index (χ1) is 10.3. The summed E-state index contributed by atoms with van der Waals surface area (Å²) in [6.07, 6.45) is 2.44. The summed E-state index contributed by atoms with van der Waals surface area (Å²) in [4.78, 5) is 14.4. The lowest BCUT2D eigenvalue weighted by Gasteiger charge is -2.50. The molecular formula is C17H26FN3O. The summed E-state index contributed by atoms with van der Waals surface area (Å²) in [5, 5.41) is 0. The second kappa shape index (κ2) is 6.24. The molecule has 2 atom stereocenters. The van der Waals surface area contributed by atoms with Crippen LogP contribution in [0, 0.1) is 5.82 Å². The van der Waals surface area contributed by atoms with E-state index in [-0.39, 0.29) is 29.2 Å². The molecule has 1 aromatic carbocycles. The van der Waals surface area contributed by atoms with E-state index in [1.54, 1.807) is 12.1 Å².